The molecule has 0 heterocycles. The van der Waals surface area contributed by atoms with E-state index in [1.165, 1.54) is 6.26 Å². The van der Waals surface area contributed by atoms with Crippen molar-refractivity contribution in [2.45, 2.75) is 0 Å². The van der Waals surface area contributed by atoms with Crippen molar-refractivity contribution in [1.29, 1.82) is 0 Å². The van der Waals surface area contributed by atoms with Crippen LogP contribution in [0.1, 0.15) is 0 Å². The van der Waals surface area contributed by atoms with Crippen LogP contribution >= 0.6 is 0 Å². The van der Waals surface area contributed by atoms with Crippen LogP contribution in [0.15, 0.2) is 30.3 Å². The van der Waals surface area contributed by atoms with Crippen LogP contribution in [0.25, 0.3) is 0 Å². The Balaban J connectivity index is 3.36. The van der Waals surface area contributed by atoms with Gasteiger partial charge in [-0.05, 0) is 13.3 Å². The maximum atomic E-state index is 4.53. The van der Waals surface area contributed by atoms with E-state index in [0.29, 0.717) is 0 Å². The zero-order chi connectivity index (χ0) is 5.70. The first-order valence-corrected chi connectivity index (χ1v) is 1.74. The van der Waals surface area contributed by atoms with Crippen LogP contribution in [-0.2, 0) is 4.74 Å². The third kappa shape index (κ3) is 2.76. The minimum Gasteiger partial charge on any atom is -0.448 e. The van der Waals surface area contributed by atoms with Crippen LogP contribution in [0.5, 0.6) is 0 Å². The normalized spacial score (nSPS) is 6.86. The molecule has 0 aromatic carbocycles. The highest BCUT2D eigenvalue weighted by molar-refractivity contribution is 5.26. The van der Waals surface area contributed by atoms with Gasteiger partial charge in [-0.1, -0.05) is 6.58 Å². The lowest BCUT2D eigenvalue weighted by molar-refractivity contribution is 0.352. The van der Waals surface area contributed by atoms with Crippen LogP contribution in [0.3, 0.4) is 0 Å². The molecule has 0 spiro atoms. The van der Waals surface area contributed by atoms with Gasteiger partial charge in [-0.15, -0.1) is 0 Å². The molecule has 0 N–H and O–H groups in total. The minimum absolute atomic E-state index is 0.273. The molecule has 2 heteroatoms. The number of ether oxygens (including phenoxy) is 1. The van der Waals surface area contributed by atoms with Crippen molar-refractivity contribution in [3.05, 3.63) is 25.3 Å². The second kappa shape index (κ2) is 3.15. The fraction of sp³-hybridized carbons (Fsp3) is 0. The first kappa shape index (κ1) is 5.95. The molecule has 0 aliphatic rings. The van der Waals surface area contributed by atoms with E-state index in [9.17, 15) is 0 Å². The van der Waals surface area contributed by atoms with E-state index >= 15 is 0 Å². The fourth-order valence-corrected chi connectivity index (χ4v) is 0.133. The molecule has 0 atom stereocenters. The maximum Gasteiger partial charge on any atom is 0.210 e. The highest BCUT2D eigenvalue weighted by atomic mass is 16.5. The van der Waals surface area contributed by atoms with Gasteiger partial charge in [0.15, 0.2) is 0 Å². The molecule has 38 valence electrons. The standard InChI is InChI=1S/C5H7NO/c1-4-7-5(2)6-3/h4H,1-3H2. The van der Waals surface area contributed by atoms with Crippen molar-refractivity contribution in [3.63, 3.8) is 0 Å². The summed E-state index contributed by atoms with van der Waals surface area (Å²) in [7, 11) is 0. The van der Waals surface area contributed by atoms with Crippen LogP contribution in [0, 0.1) is 0 Å². The Bertz CT molecular complexity index is 96.3. The summed E-state index contributed by atoms with van der Waals surface area (Å²) < 4.78 is 4.53. The molecule has 0 aromatic heterocycles. The fourth-order valence-electron chi connectivity index (χ4n) is 0.133. The summed E-state index contributed by atoms with van der Waals surface area (Å²) in [6.45, 7) is 9.77. The zero-order valence-corrected chi connectivity index (χ0v) is 4.05. The number of rotatable bonds is 3. The Morgan fingerprint density at radius 2 is 2.29 bits per heavy atom. The van der Waals surface area contributed by atoms with Gasteiger partial charge < -0.3 is 4.74 Å². The quantitative estimate of drug-likeness (QED) is 0.384. The van der Waals surface area contributed by atoms with Crippen molar-refractivity contribution in [1.82, 2.24) is 0 Å². The molecule has 0 saturated carbocycles. The summed E-state index contributed by atoms with van der Waals surface area (Å²) in [5, 5.41) is 0. The minimum atomic E-state index is 0.273. The number of aliphatic imine (C=N–C) groups is 1. The molecule has 2 nitrogen and oxygen atoms in total. The smallest absolute Gasteiger partial charge is 0.210 e. The van der Waals surface area contributed by atoms with Gasteiger partial charge in [0.05, 0.1) is 6.26 Å². The van der Waals surface area contributed by atoms with Gasteiger partial charge in [-0.2, -0.15) is 0 Å². The summed E-state index contributed by atoms with van der Waals surface area (Å²) in [5.41, 5.74) is 0. The molecule has 0 bridgehead atoms. The van der Waals surface area contributed by atoms with Gasteiger partial charge >= 0.3 is 0 Å². The van der Waals surface area contributed by atoms with Crippen LogP contribution in [-0.4, -0.2) is 6.72 Å². The predicted molar refractivity (Wildman–Crippen MR) is 30.0 cm³/mol. The van der Waals surface area contributed by atoms with Gasteiger partial charge in [0.25, 0.3) is 0 Å². The average molecular weight is 97.1 g/mol. The SMILES string of the molecule is C=COC(=C)N=C. The zero-order valence-electron chi connectivity index (χ0n) is 4.05. The van der Waals surface area contributed by atoms with E-state index in [-0.39, 0.29) is 5.88 Å². The first-order valence-electron chi connectivity index (χ1n) is 1.74. The third-order valence-electron chi connectivity index (χ3n) is 0.396. The topological polar surface area (TPSA) is 21.6 Å². The van der Waals surface area contributed by atoms with Gasteiger partial charge in [-0.3, -0.25) is 0 Å². The largest absolute Gasteiger partial charge is 0.448 e. The van der Waals surface area contributed by atoms with Crippen LogP contribution < -0.4 is 0 Å². The van der Waals surface area contributed by atoms with Crippen LogP contribution in [0.4, 0.5) is 0 Å². The molecule has 0 radical (unpaired) electrons. The Labute approximate surface area is 42.8 Å². The second-order valence-corrected chi connectivity index (χ2v) is 0.836. The Morgan fingerprint density at radius 1 is 1.71 bits per heavy atom. The number of nitrogens with zero attached hydrogens (tertiary/aromatic N) is 1. The predicted octanol–water partition coefficient (Wildman–Crippen LogP) is 1.32. The molecule has 0 unspecified atom stereocenters. The Hall–Kier alpha value is -1.05. The third-order valence-corrected chi connectivity index (χ3v) is 0.396. The molecule has 0 amide bonds. The van der Waals surface area contributed by atoms with E-state index in [2.05, 4.69) is 29.6 Å². The number of hydrogen-bond donors (Lipinski definition) is 0. The number of hydrogen-bond acceptors (Lipinski definition) is 2. The molecular formula is C5H7NO. The first-order chi connectivity index (χ1) is 3.31. The van der Waals surface area contributed by atoms with E-state index in [1.54, 1.807) is 0 Å². The van der Waals surface area contributed by atoms with Gasteiger partial charge in [0.1, 0.15) is 0 Å². The monoisotopic (exact) mass is 97.1 g/mol. The van der Waals surface area contributed by atoms with E-state index < -0.39 is 0 Å². The van der Waals surface area contributed by atoms with E-state index in [0.717, 1.165) is 0 Å². The Morgan fingerprint density at radius 3 is 2.43 bits per heavy atom. The molecular weight excluding hydrogens is 90.1 g/mol. The van der Waals surface area contributed by atoms with Gasteiger partial charge in [0.2, 0.25) is 5.88 Å². The molecule has 0 aromatic rings. The highest BCUT2D eigenvalue weighted by Crippen LogP contribution is 1.90. The Kier molecular flexibility index (Phi) is 2.68. The van der Waals surface area contributed by atoms with Crippen molar-refractivity contribution in [2.75, 3.05) is 0 Å². The van der Waals surface area contributed by atoms with Crippen molar-refractivity contribution >= 4 is 6.72 Å². The lowest BCUT2D eigenvalue weighted by atomic mass is 10.9. The van der Waals surface area contributed by atoms with E-state index in [1.807, 2.05) is 0 Å². The van der Waals surface area contributed by atoms with Crippen molar-refractivity contribution in [3.8, 4) is 0 Å². The molecule has 0 fully saturated rings. The maximum absolute atomic E-state index is 4.53. The highest BCUT2D eigenvalue weighted by Gasteiger charge is 1.76. The second-order valence-electron chi connectivity index (χ2n) is 0.836. The molecule has 0 rings (SSSR count). The summed E-state index contributed by atoms with van der Waals surface area (Å²) in [5.74, 6) is 0.273. The molecule has 7 heavy (non-hydrogen) atoms. The van der Waals surface area contributed by atoms with Crippen molar-refractivity contribution < 1.29 is 4.74 Å². The van der Waals surface area contributed by atoms with Crippen LogP contribution in [0.2, 0.25) is 0 Å². The lowest BCUT2D eigenvalue weighted by Gasteiger charge is -1.90. The van der Waals surface area contributed by atoms with Gasteiger partial charge in [-0.25, -0.2) is 4.99 Å². The molecule has 0 aliphatic heterocycles. The summed E-state index contributed by atoms with van der Waals surface area (Å²) >= 11 is 0. The van der Waals surface area contributed by atoms with Gasteiger partial charge in [0, 0.05) is 0 Å². The van der Waals surface area contributed by atoms with E-state index in [4.69, 9.17) is 0 Å². The average Bonchev–Trinajstić information content (AvgIpc) is 1.68. The molecule has 0 saturated heterocycles. The summed E-state index contributed by atoms with van der Waals surface area (Å²) in [6, 6.07) is 0. The van der Waals surface area contributed by atoms with Crippen molar-refractivity contribution in [2.24, 2.45) is 4.99 Å². The summed E-state index contributed by atoms with van der Waals surface area (Å²) in [6.07, 6.45) is 1.25. The molecule has 0 aliphatic carbocycles. The summed E-state index contributed by atoms with van der Waals surface area (Å²) in [4.78, 5) is 3.34. The lowest BCUT2D eigenvalue weighted by Crippen LogP contribution is -1.72.